The number of hydrogen-bond donors (Lipinski definition) is 0. The first kappa shape index (κ1) is 34.2. The number of nitrogens with zero attached hydrogens (tertiary/aromatic N) is 3. The molecule has 0 atom stereocenters. The molecule has 2 aromatic heterocycles. The molecule has 46 heavy (non-hydrogen) atoms. The van der Waals surface area contributed by atoms with E-state index in [0.29, 0.717) is 0 Å². The van der Waals surface area contributed by atoms with Crippen LogP contribution in [0.3, 0.4) is 0 Å². The second kappa shape index (κ2) is 14.6. The molecule has 0 bridgehead atoms. The SMILES string of the molecule is Cc1c(C)c2ccc3cccc4ccc(c1C)c2c34.Cc1cccc(C)c1C.Cc1cncc(C)c1C.Cc1ncnc(C)c1C. The van der Waals surface area contributed by atoms with E-state index in [2.05, 4.69) is 138 Å². The summed E-state index contributed by atoms with van der Waals surface area (Å²) in [6.07, 6.45) is 5.38. The third-order valence-corrected chi connectivity index (χ3v) is 9.89. The summed E-state index contributed by atoms with van der Waals surface area (Å²) >= 11 is 0. The number of aromatic nitrogens is 3. The average molecular weight is 608 g/mol. The Labute approximate surface area is 276 Å². The summed E-state index contributed by atoms with van der Waals surface area (Å²) in [5, 5.41) is 8.36. The van der Waals surface area contributed by atoms with E-state index in [0.717, 1.165) is 11.4 Å². The van der Waals surface area contributed by atoms with Crippen LogP contribution in [0.4, 0.5) is 0 Å². The van der Waals surface area contributed by atoms with E-state index in [1.54, 1.807) is 6.33 Å². The molecule has 0 amide bonds. The molecule has 3 nitrogen and oxygen atoms in total. The summed E-state index contributed by atoms with van der Waals surface area (Å²) in [5.41, 5.74) is 15.7. The van der Waals surface area contributed by atoms with Crippen molar-refractivity contribution in [1.82, 2.24) is 15.0 Å². The first-order chi connectivity index (χ1) is 21.8. The van der Waals surface area contributed by atoms with Crippen LogP contribution in [0.15, 0.2) is 79.4 Å². The van der Waals surface area contributed by atoms with Crippen molar-refractivity contribution in [2.75, 3.05) is 0 Å². The van der Waals surface area contributed by atoms with Crippen molar-refractivity contribution in [3.8, 4) is 0 Å². The van der Waals surface area contributed by atoms with Crippen molar-refractivity contribution >= 4 is 32.3 Å². The van der Waals surface area contributed by atoms with Gasteiger partial charge in [0.15, 0.2) is 0 Å². The molecule has 0 saturated heterocycles. The molecule has 7 aromatic rings. The van der Waals surface area contributed by atoms with Crippen LogP contribution >= 0.6 is 0 Å². The standard InChI is InChI=1S/C19H16.C9H12.C8H11N.C7H10N2/c1-11-12(2)16-9-7-14-5-4-6-15-8-10-17(13(11)3)19(16)18(14)15;1-7-5-4-6-8(2)9(7)3;1-6-4-9-5-7(2)8(6)3;1-5-6(2)8-4-9-7(5)3/h4-10H,1-3H3;4-6H,1-3H3;4-5H,1-3H3;4H,1-3H3. The zero-order valence-electron chi connectivity index (χ0n) is 29.8. The van der Waals surface area contributed by atoms with Gasteiger partial charge in [0.1, 0.15) is 6.33 Å². The number of pyridine rings is 1. The first-order valence-electron chi connectivity index (χ1n) is 16.1. The second-order valence-corrected chi connectivity index (χ2v) is 12.6. The molecule has 0 unspecified atom stereocenters. The van der Waals surface area contributed by atoms with Crippen LogP contribution in [0.5, 0.6) is 0 Å². The molecule has 5 aromatic carbocycles. The molecule has 0 radical (unpaired) electrons. The van der Waals surface area contributed by atoms with Crippen molar-refractivity contribution in [3.05, 3.63) is 146 Å². The van der Waals surface area contributed by atoms with Gasteiger partial charge in [-0.3, -0.25) is 4.98 Å². The fourth-order valence-electron chi connectivity index (χ4n) is 5.71. The normalized spacial score (nSPS) is 10.6. The van der Waals surface area contributed by atoms with Gasteiger partial charge in [0.05, 0.1) is 0 Å². The smallest absolute Gasteiger partial charge is 0.115 e. The average Bonchev–Trinajstić information content (AvgIpc) is 3.05. The van der Waals surface area contributed by atoms with E-state index < -0.39 is 0 Å². The first-order valence-corrected chi connectivity index (χ1v) is 16.1. The highest BCUT2D eigenvalue weighted by molar-refractivity contribution is 6.24. The van der Waals surface area contributed by atoms with Gasteiger partial charge in [-0.25, -0.2) is 9.97 Å². The summed E-state index contributed by atoms with van der Waals surface area (Å²) in [6.45, 7) is 25.5. The fourth-order valence-corrected chi connectivity index (χ4v) is 5.71. The Balaban J connectivity index is 0.000000151. The maximum absolute atomic E-state index is 4.04. The van der Waals surface area contributed by atoms with E-state index >= 15 is 0 Å². The van der Waals surface area contributed by atoms with Crippen LogP contribution in [0, 0.1) is 83.1 Å². The van der Waals surface area contributed by atoms with Gasteiger partial charge in [0.25, 0.3) is 0 Å². The molecule has 0 aliphatic carbocycles. The second-order valence-electron chi connectivity index (χ2n) is 12.6. The molecule has 0 aliphatic heterocycles. The van der Waals surface area contributed by atoms with Gasteiger partial charge in [0.2, 0.25) is 0 Å². The third-order valence-electron chi connectivity index (χ3n) is 9.89. The van der Waals surface area contributed by atoms with E-state index in [1.807, 2.05) is 33.2 Å². The highest BCUT2D eigenvalue weighted by Gasteiger charge is 2.13. The summed E-state index contributed by atoms with van der Waals surface area (Å²) in [5.74, 6) is 0. The molecule has 236 valence electrons. The molecular formula is C43H49N3. The molecular weight excluding hydrogens is 558 g/mol. The van der Waals surface area contributed by atoms with E-state index in [1.165, 1.54) is 88.0 Å². The van der Waals surface area contributed by atoms with Crippen molar-refractivity contribution < 1.29 is 0 Å². The Morgan fingerprint density at radius 2 is 0.804 bits per heavy atom. The quantitative estimate of drug-likeness (QED) is 0.161. The van der Waals surface area contributed by atoms with Crippen LogP contribution < -0.4 is 0 Å². The van der Waals surface area contributed by atoms with Gasteiger partial charge >= 0.3 is 0 Å². The lowest BCUT2D eigenvalue weighted by Gasteiger charge is -2.17. The highest BCUT2D eigenvalue weighted by atomic mass is 14.8. The predicted molar refractivity (Wildman–Crippen MR) is 200 cm³/mol. The minimum atomic E-state index is 1.07. The van der Waals surface area contributed by atoms with Crippen molar-refractivity contribution in [2.24, 2.45) is 0 Å². The molecule has 0 spiro atoms. The Hall–Kier alpha value is -4.63. The Morgan fingerprint density at radius 1 is 0.370 bits per heavy atom. The van der Waals surface area contributed by atoms with Crippen LogP contribution in [-0.4, -0.2) is 15.0 Å². The largest absolute Gasteiger partial charge is 0.264 e. The number of rotatable bonds is 0. The molecule has 0 fully saturated rings. The third kappa shape index (κ3) is 7.26. The molecule has 7 rings (SSSR count). The maximum atomic E-state index is 4.04. The summed E-state index contributed by atoms with van der Waals surface area (Å²) in [6, 6.07) is 22.0. The Morgan fingerprint density at radius 3 is 1.22 bits per heavy atom. The Kier molecular flexibility index (Phi) is 10.9. The van der Waals surface area contributed by atoms with Crippen LogP contribution in [-0.2, 0) is 0 Å². The number of hydrogen-bond acceptors (Lipinski definition) is 3. The summed E-state index contributed by atoms with van der Waals surface area (Å²) in [4.78, 5) is 12.1. The molecule has 0 aliphatic rings. The minimum absolute atomic E-state index is 1.07. The van der Waals surface area contributed by atoms with Crippen LogP contribution in [0.1, 0.15) is 67.0 Å². The van der Waals surface area contributed by atoms with Gasteiger partial charge in [0, 0.05) is 23.8 Å². The number of aryl methyl sites for hydroxylation is 8. The van der Waals surface area contributed by atoms with Gasteiger partial charge in [-0.1, -0.05) is 60.7 Å². The monoisotopic (exact) mass is 607 g/mol. The van der Waals surface area contributed by atoms with E-state index in [9.17, 15) is 0 Å². The van der Waals surface area contributed by atoms with Gasteiger partial charge < -0.3 is 0 Å². The topological polar surface area (TPSA) is 38.7 Å². The van der Waals surface area contributed by atoms with E-state index in [4.69, 9.17) is 0 Å². The maximum Gasteiger partial charge on any atom is 0.115 e. The zero-order chi connectivity index (χ0) is 33.7. The summed E-state index contributed by atoms with van der Waals surface area (Å²) in [7, 11) is 0. The van der Waals surface area contributed by atoms with Crippen molar-refractivity contribution in [1.29, 1.82) is 0 Å². The van der Waals surface area contributed by atoms with E-state index in [-0.39, 0.29) is 0 Å². The lowest BCUT2D eigenvalue weighted by molar-refractivity contribution is 1.01. The fraction of sp³-hybridized carbons (Fsp3) is 0.279. The lowest BCUT2D eigenvalue weighted by atomic mass is 9.87. The lowest BCUT2D eigenvalue weighted by Crippen LogP contribution is -1.93. The predicted octanol–water partition coefficient (Wildman–Crippen LogP) is 11.5. The van der Waals surface area contributed by atoms with Gasteiger partial charge in [-0.05, 0) is 171 Å². The molecule has 0 saturated carbocycles. The molecule has 2 heterocycles. The summed E-state index contributed by atoms with van der Waals surface area (Å²) < 4.78 is 0. The van der Waals surface area contributed by atoms with Crippen molar-refractivity contribution in [2.45, 2.75) is 83.1 Å². The van der Waals surface area contributed by atoms with Crippen LogP contribution in [0.2, 0.25) is 0 Å². The minimum Gasteiger partial charge on any atom is -0.264 e. The Bertz CT molecular complexity index is 1870. The number of benzene rings is 5. The van der Waals surface area contributed by atoms with Gasteiger partial charge in [-0.2, -0.15) is 0 Å². The van der Waals surface area contributed by atoms with Gasteiger partial charge in [-0.15, -0.1) is 0 Å². The molecule has 3 heteroatoms. The van der Waals surface area contributed by atoms with Crippen molar-refractivity contribution in [3.63, 3.8) is 0 Å². The zero-order valence-corrected chi connectivity index (χ0v) is 29.8. The molecule has 0 N–H and O–H groups in total. The highest BCUT2D eigenvalue weighted by Crippen LogP contribution is 2.38. The van der Waals surface area contributed by atoms with Crippen LogP contribution in [0.25, 0.3) is 32.3 Å².